The smallest absolute Gasteiger partial charge is 0.271 e. The molecule has 1 amide bonds. The molecule has 130 valence electrons. The monoisotopic (exact) mass is 346 g/mol. The molecule has 2 atom stereocenters. The summed E-state index contributed by atoms with van der Waals surface area (Å²) in [4.78, 5) is 17.1. The summed E-state index contributed by atoms with van der Waals surface area (Å²) in [6.07, 6.45) is 8.39. The van der Waals surface area contributed by atoms with Gasteiger partial charge in [0.2, 0.25) is 0 Å². The van der Waals surface area contributed by atoms with Crippen LogP contribution in [0.5, 0.6) is 0 Å². The lowest BCUT2D eigenvalue weighted by Crippen LogP contribution is -2.46. The van der Waals surface area contributed by atoms with Crippen LogP contribution in [0, 0.1) is 11.3 Å². The van der Waals surface area contributed by atoms with E-state index in [1.807, 2.05) is 18.6 Å². The van der Waals surface area contributed by atoms with Crippen LogP contribution in [0.3, 0.4) is 0 Å². The van der Waals surface area contributed by atoms with Gasteiger partial charge >= 0.3 is 0 Å². The topological polar surface area (TPSA) is 59.8 Å². The maximum atomic E-state index is 12.6. The molecular weight excluding hydrogens is 320 g/mol. The van der Waals surface area contributed by atoms with Crippen LogP contribution in [0.4, 0.5) is 0 Å². The van der Waals surface area contributed by atoms with Crippen molar-refractivity contribution >= 4 is 17.2 Å². The molecule has 0 spiro atoms. The fraction of sp³-hybridized carbons (Fsp3) is 0.611. The highest BCUT2D eigenvalue weighted by molar-refractivity contribution is 7.13. The molecule has 0 radical (unpaired) electrons. The highest BCUT2D eigenvalue weighted by Gasteiger charge is 2.35. The Balaban J connectivity index is 1.71. The van der Waals surface area contributed by atoms with Gasteiger partial charge in [0, 0.05) is 30.2 Å². The van der Waals surface area contributed by atoms with Crippen LogP contribution >= 0.6 is 11.3 Å². The summed E-state index contributed by atoms with van der Waals surface area (Å²) < 4.78 is 1.74. The number of amides is 1. The van der Waals surface area contributed by atoms with E-state index in [0.717, 1.165) is 17.0 Å². The molecular formula is C18H26N4OS. The van der Waals surface area contributed by atoms with Gasteiger partial charge in [0.25, 0.3) is 5.91 Å². The zero-order valence-corrected chi connectivity index (χ0v) is 15.7. The van der Waals surface area contributed by atoms with Crippen LogP contribution in [0.15, 0.2) is 17.8 Å². The summed E-state index contributed by atoms with van der Waals surface area (Å²) in [6, 6.07) is 0.245. The van der Waals surface area contributed by atoms with Gasteiger partial charge in [-0.1, -0.05) is 33.6 Å². The summed E-state index contributed by atoms with van der Waals surface area (Å²) in [7, 11) is 1.88. The lowest BCUT2D eigenvalue weighted by Gasteiger charge is -2.40. The van der Waals surface area contributed by atoms with Crippen molar-refractivity contribution in [2.75, 3.05) is 0 Å². The SMILES string of the molecule is Cn1cc(-c2nc(C(=O)NC3CCCCC3C(C)(C)C)cs2)cn1. The van der Waals surface area contributed by atoms with Gasteiger partial charge < -0.3 is 5.32 Å². The largest absolute Gasteiger partial charge is 0.348 e. The van der Waals surface area contributed by atoms with Crippen molar-refractivity contribution in [3.63, 3.8) is 0 Å². The summed E-state index contributed by atoms with van der Waals surface area (Å²) in [5, 5.41) is 10.1. The van der Waals surface area contributed by atoms with Gasteiger partial charge in [0.1, 0.15) is 10.7 Å². The van der Waals surface area contributed by atoms with Gasteiger partial charge in [-0.15, -0.1) is 11.3 Å². The minimum absolute atomic E-state index is 0.0532. The van der Waals surface area contributed by atoms with Crippen molar-refractivity contribution in [2.24, 2.45) is 18.4 Å². The number of nitrogens with one attached hydrogen (secondary N) is 1. The molecule has 0 aromatic carbocycles. The predicted octanol–water partition coefficient (Wildman–Crippen LogP) is 3.88. The molecule has 0 saturated heterocycles. The zero-order valence-electron chi connectivity index (χ0n) is 14.9. The van der Waals surface area contributed by atoms with Gasteiger partial charge in [0.15, 0.2) is 0 Å². The third-order valence-corrected chi connectivity index (χ3v) is 5.77. The number of rotatable bonds is 3. The third kappa shape index (κ3) is 3.69. The van der Waals surface area contributed by atoms with Crippen LogP contribution in [0.1, 0.15) is 56.9 Å². The van der Waals surface area contributed by atoms with Crippen molar-refractivity contribution in [1.29, 1.82) is 0 Å². The van der Waals surface area contributed by atoms with E-state index in [9.17, 15) is 4.79 Å². The molecule has 24 heavy (non-hydrogen) atoms. The van der Waals surface area contributed by atoms with E-state index in [-0.39, 0.29) is 17.4 Å². The summed E-state index contributed by atoms with van der Waals surface area (Å²) in [5.74, 6) is 0.467. The average molecular weight is 346 g/mol. The van der Waals surface area contributed by atoms with Gasteiger partial charge in [-0.05, 0) is 24.2 Å². The standard InChI is InChI=1S/C18H26N4OS/c1-18(2,3)13-7-5-6-8-14(13)20-16(23)15-11-24-17(21-15)12-9-19-22(4)10-12/h9-11,13-14H,5-8H2,1-4H3,(H,20,23). The lowest BCUT2D eigenvalue weighted by molar-refractivity contribution is 0.0826. The van der Waals surface area contributed by atoms with Gasteiger partial charge in [-0.25, -0.2) is 4.98 Å². The van der Waals surface area contributed by atoms with E-state index in [2.05, 4.69) is 36.2 Å². The van der Waals surface area contributed by atoms with Crippen LogP contribution in [0.25, 0.3) is 10.6 Å². The average Bonchev–Trinajstić information content (AvgIpc) is 3.15. The number of hydrogen-bond acceptors (Lipinski definition) is 4. The molecule has 0 aliphatic heterocycles. The number of carbonyl (C=O) groups is 1. The quantitative estimate of drug-likeness (QED) is 0.917. The van der Waals surface area contributed by atoms with Crippen molar-refractivity contribution in [2.45, 2.75) is 52.5 Å². The first kappa shape index (κ1) is 17.1. The van der Waals surface area contributed by atoms with E-state index in [1.165, 1.54) is 30.6 Å². The molecule has 2 heterocycles. The molecule has 2 aromatic heterocycles. The minimum Gasteiger partial charge on any atom is -0.348 e. The third-order valence-electron chi connectivity index (χ3n) is 4.88. The normalized spacial score (nSPS) is 21.7. The van der Waals surface area contributed by atoms with Gasteiger partial charge in [-0.2, -0.15) is 5.10 Å². The predicted molar refractivity (Wildman–Crippen MR) is 97.0 cm³/mol. The second-order valence-electron chi connectivity index (χ2n) is 7.78. The highest BCUT2D eigenvalue weighted by Crippen LogP contribution is 2.38. The summed E-state index contributed by atoms with van der Waals surface area (Å²) >= 11 is 1.49. The van der Waals surface area contributed by atoms with Gasteiger partial charge in [-0.3, -0.25) is 9.48 Å². The Morgan fingerprint density at radius 1 is 1.33 bits per heavy atom. The van der Waals surface area contributed by atoms with Crippen molar-refractivity contribution < 1.29 is 4.79 Å². The summed E-state index contributed by atoms with van der Waals surface area (Å²) in [5.41, 5.74) is 1.67. The Morgan fingerprint density at radius 2 is 2.08 bits per heavy atom. The van der Waals surface area contributed by atoms with Crippen molar-refractivity contribution in [3.05, 3.63) is 23.5 Å². The first-order valence-corrected chi connectivity index (χ1v) is 9.48. The van der Waals surface area contributed by atoms with E-state index in [4.69, 9.17) is 0 Å². The fourth-order valence-electron chi connectivity index (χ4n) is 3.62. The molecule has 0 bridgehead atoms. The molecule has 2 unspecified atom stereocenters. The van der Waals surface area contributed by atoms with E-state index in [1.54, 1.807) is 10.9 Å². The minimum atomic E-state index is -0.0532. The maximum Gasteiger partial charge on any atom is 0.271 e. The molecule has 3 rings (SSSR count). The Morgan fingerprint density at radius 3 is 2.75 bits per heavy atom. The number of aromatic nitrogens is 3. The number of thiazole rings is 1. The second-order valence-corrected chi connectivity index (χ2v) is 8.64. The second kappa shape index (κ2) is 6.67. The molecule has 6 heteroatoms. The van der Waals surface area contributed by atoms with Crippen molar-refractivity contribution in [3.8, 4) is 10.6 Å². The number of aryl methyl sites for hydroxylation is 1. The molecule has 2 aromatic rings. The lowest BCUT2D eigenvalue weighted by atomic mass is 9.69. The van der Waals surface area contributed by atoms with Crippen LogP contribution in [0.2, 0.25) is 0 Å². The molecule has 1 aliphatic rings. The Hall–Kier alpha value is -1.69. The maximum absolute atomic E-state index is 12.6. The first-order valence-electron chi connectivity index (χ1n) is 8.60. The molecule has 5 nitrogen and oxygen atoms in total. The fourth-order valence-corrected chi connectivity index (χ4v) is 4.40. The molecule has 1 aliphatic carbocycles. The Bertz CT molecular complexity index is 713. The van der Waals surface area contributed by atoms with E-state index >= 15 is 0 Å². The molecule has 1 N–H and O–H groups in total. The Labute approximate surface area is 147 Å². The number of carbonyl (C=O) groups excluding carboxylic acids is 1. The van der Waals surface area contributed by atoms with E-state index in [0.29, 0.717) is 11.6 Å². The van der Waals surface area contributed by atoms with Gasteiger partial charge in [0.05, 0.1) is 6.20 Å². The number of nitrogens with zero attached hydrogens (tertiary/aromatic N) is 3. The molecule has 1 fully saturated rings. The van der Waals surface area contributed by atoms with Crippen LogP contribution in [-0.4, -0.2) is 26.7 Å². The molecule has 1 saturated carbocycles. The highest BCUT2D eigenvalue weighted by atomic mass is 32.1. The first-order chi connectivity index (χ1) is 11.3. The number of hydrogen-bond donors (Lipinski definition) is 1. The van der Waals surface area contributed by atoms with E-state index < -0.39 is 0 Å². The Kier molecular flexibility index (Phi) is 4.76. The zero-order chi connectivity index (χ0) is 17.3. The van der Waals surface area contributed by atoms with Crippen LogP contribution in [-0.2, 0) is 7.05 Å². The van der Waals surface area contributed by atoms with Crippen LogP contribution < -0.4 is 5.32 Å². The summed E-state index contributed by atoms with van der Waals surface area (Å²) in [6.45, 7) is 6.81. The van der Waals surface area contributed by atoms with Crippen molar-refractivity contribution in [1.82, 2.24) is 20.1 Å².